The Bertz CT molecular complexity index is 927. The van der Waals surface area contributed by atoms with Crippen molar-refractivity contribution in [1.82, 2.24) is 0 Å². The Balaban J connectivity index is 1.92. The van der Waals surface area contributed by atoms with Gasteiger partial charge in [-0.15, -0.1) is 0 Å². The molecule has 21 heavy (non-hydrogen) atoms. The summed E-state index contributed by atoms with van der Waals surface area (Å²) in [5, 5.41) is 6.91. The predicted octanol–water partition coefficient (Wildman–Crippen LogP) is 5.35. The second-order valence-electron chi connectivity index (χ2n) is 5.03. The molecule has 1 unspecified atom stereocenters. The topological polar surface area (TPSA) is 39.2 Å². The first-order valence-corrected chi connectivity index (χ1v) is 7.94. The molecule has 0 aliphatic carbocycles. The predicted molar refractivity (Wildman–Crippen MR) is 89.1 cm³/mol. The van der Waals surface area contributed by atoms with Crippen LogP contribution in [0.15, 0.2) is 57.6 Å². The molecule has 4 heteroatoms. The summed E-state index contributed by atoms with van der Waals surface area (Å²) < 4.78 is 5.84. The molecule has 0 aliphatic rings. The summed E-state index contributed by atoms with van der Waals surface area (Å²) in [6.07, 6.45) is 0. The molecule has 2 aromatic heterocycles. The van der Waals surface area contributed by atoms with Gasteiger partial charge >= 0.3 is 0 Å². The lowest BCUT2D eigenvalue weighted by Crippen LogP contribution is -2.10. The average Bonchev–Trinajstić information content (AvgIpc) is 3.13. The van der Waals surface area contributed by atoms with Crippen LogP contribution in [0.3, 0.4) is 0 Å². The van der Waals surface area contributed by atoms with Crippen molar-refractivity contribution < 1.29 is 4.42 Å². The number of fused-ring (bicyclic) bond motifs is 3. The van der Waals surface area contributed by atoms with Crippen LogP contribution in [0.5, 0.6) is 0 Å². The summed E-state index contributed by atoms with van der Waals surface area (Å²) >= 11 is 7.75. The zero-order valence-corrected chi connectivity index (χ0v) is 12.6. The Hall–Kier alpha value is -1.81. The number of furan rings is 1. The highest BCUT2D eigenvalue weighted by Crippen LogP contribution is 2.33. The van der Waals surface area contributed by atoms with Gasteiger partial charge in [-0.3, -0.25) is 0 Å². The minimum Gasteiger partial charge on any atom is -0.456 e. The van der Waals surface area contributed by atoms with E-state index in [1.54, 1.807) is 11.3 Å². The van der Waals surface area contributed by atoms with Crippen LogP contribution in [-0.4, -0.2) is 0 Å². The fraction of sp³-hybridized carbons (Fsp3) is 0.0588. The standard InChI is InChI=1S/C17H12ClNOS/c18-12-2-4-16-14(8-12)13-7-10(1-3-15(13)20-16)17(19)11-5-6-21-9-11/h1-9,17H,19H2. The summed E-state index contributed by atoms with van der Waals surface area (Å²) in [7, 11) is 0. The van der Waals surface area contributed by atoms with Gasteiger partial charge in [0.25, 0.3) is 0 Å². The summed E-state index contributed by atoms with van der Waals surface area (Å²) in [5.41, 5.74) is 10.2. The number of hydrogen-bond acceptors (Lipinski definition) is 3. The Morgan fingerprint density at radius 1 is 0.952 bits per heavy atom. The fourth-order valence-electron chi connectivity index (χ4n) is 2.61. The maximum Gasteiger partial charge on any atom is 0.135 e. The molecule has 0 saturated heterocycles. The smallest absolute Gasteiger partial charge is 0.135 e. The van der Waals surface area contributed by atoms with Crippen LogP contribution in [0.25, 0.3) is 21.9 Å². The molecule has 0 radical (unpaired) electrons. The van der Waals surface area contributed by atoms with Crippen molar-refractivity contribution in [2.45, 2.75) is 6.04 Å². The number of rotatable bonds is 2. The van der Waals surface area contributed by atoms with Crippen LogP contribution >= 0.6 is 22.9 Å². The molecule has 0 aliphatic heterocycles. The first kappa shape index (κ1) is 12.9. The van der Waals surface area contributed by atoms with Gasteiger partial charge in [-0.25, -0.2) is 0 Å². The summed E-state index contributed by atoms with van der Waals surface area (Å²) in [6.45, 7) is 0. The molecular weight excluding hydrogens is 302 g/mol. The number of nitrogens with two attached hydrogens (primary N) is 1. The van der Waals surface area contributed by atoms with Gasteiger partial charge < -0.3 is 10.2 Å². The van der Waals surface area contributed by atoms with Crippen LogP contribution in [0, 0.1) is 0 Å². The molecule has 2 heterocycles. The molecule has 0 amide bonds. The highest BCUT2D eigenvalue weighted by atomic mass is 35.5. The molecular formula is C17H12ClNOS. The molecule has 104 valence electrons. The Morgan fingerprint density at radius 3 is 2.48 bits per heavy atom. The van der Waals surface area contributed by atoms with E-state index in [4.69, 9.17) is 21.8 Å². The van der Waals surface area contributed by atoms with Gasteiger partial charge in [0.2, 0.25) is 0 Å². The van der Waals surface area contributed by atoms with Gasteiger partial charge in [0.05, 0.1) is 6.04 Å². The molecule has 1 atom stereocenters. The molecule has 2 aromatic carbocycles. The maximum atomic E-state index is 6.34. The molecule has 2 nitrogen and oxygen atoms in total. The third-order valence-corrected chi connectivity index (χ3v) is 4.65. The summed E-state index contributed by atoms with van der Waals surface area (Å²) in [4.78, 5) is 0. The van der Waals surface area contributed by atoms with Crippen LogP contribution in [-0.2, 0) is 0 Å². The highest BCUT2D eigenvalue weighted by Gasteiger charge is 2.13. The number of thiophene rings is 1. The first-order chi connectivity index (χ1) is 10.2. The summed E-state index contributed by atoms with van der Waals surface area (Å²) in [6, 6.07) is 13.7. The Labute approximate surface area is 130 Å². The number of hydrogen-bond donors (Lipinski definition) is 1. The molecule has 2 N–H and O–H groups in total. The van der Waals surface area contributed by atoms with Gasteiger partial charge in [0.15, 0.2) is 0 Å². The van der Waals surface area contributed by atoms with Crippen molar-refractivity contribution in [3.8, 4) is 0 Å². The van der Waals surface area contributed by atoms with Crippen molar-refractivity contribution in [2.24, 2.45) is 5.73 Å². The zero-order chi connectivity index (χ0) is 14.4. The average molecular weight is 314 g/mol. The van der Waals surface area contributed by atoms with Crippen molar-refractivity contribution in [1.29, 1.82) is 0 Å². The lowest BCUT2D eigenvalue weighted by Gasteiger charge is -2.10. The van der Waals surface area contributed by atoms with Crippen molar-refractivity contribution >= 4 is 44.9 Å². The third-order valence-electron chi connectivity index (χ3n) is 3.72. The van der Waals surface area contributed by atoms with Crippen molar-refractivity contribution in [3.63, 3.8) is 0 Å². The number of benzene rings is 2. The molecule has 4 rings (SSSR count). The van der Waals surface area contributed by atoms with Gasteiger partial charge in [-0.05, 0) is 58.3 Å². The second-order valence-corrected chi connectivity index (χ2v) is 6.25. The maximum absolute atomic E-state index is 6.34. The zero-order valence-electron chi connectivity index (χ0n) is 11.0. The SMILES string of the molecule is NC(c1ccsc1)c1ccc2oc3ccc(Cl)cc3c2c1. The van der Waals surface area contributed by atoms with Gasteiger partial charge in [-0.1, -0.05) is 17.7 Å². The highest BCUT2D eigenvalue weighted by molar-refractivity contribution is 7.08. The van der Waals surface area contributed by atoms with E-state index in [9.17, 15) is 0 Å². The third kappa shape index (κ3) is 2.14. The lowest BCUT2D eigenvalue weighted by molar-refractivity contribution is 0.668. The van der Waals surface area contributed by atoms with E-state index in [2.05, 4.69) is 17.5 Å². The van der Waals surface area contributed by atoms with E-state index in [1.165, 1.54) is 0 Å². The van der Waals surface area contributed by atoms with Gasteiger partial charge in [-0.2, -0.15) is 11.3 Å². The monoisotopic (exact) mass is 313 g/mol. The van der Waals surface area contributed by atoms with E-state index in [1.807, 2.05) is 35.7 Å². The van der Waals surface area contributed by atoms with Crippen LogP contribution < -0.4 is 5.73 Å². The summed E-state index contributed by atoms with van der Waals surface area (Å²) in [5.74, 6) is 0. The van der Waals surface area contributed by atoms with Gasteiger partial charge in [0.1, 0.15) is 11.2 Å². The van der Waals surface area contributed by atoms with E-state index in [-0.39, 0.29) is 6.04 Å². The van der Waals surface area contributed by atoms with Crippen molar-refractivity contribution in [3.05, 3.63) is 69.4 Å². The lowest BCUT2D eigenvalue weighted by atomic mass is 10.00. The number of halogens is 1. The first-order valence-electron chi connectivity index (χ1n) is 6.62. The van der Waals surface area contributed by atoms with Crippen LogP contribution in [0.1, 0.15) is 17.2 Å². The minimum atomic E-state index is -0.121. The molecule has 0 spiro atoms. The molecule has 4 aromatic rings. The molecule has 0 saturated carbocycles. The quantitative estimate of drug-likeness (QED) is 0.542. The Morgan fingerprint density at radius 2 is 1.71 bits per heavy atom. The normalized spacial score (nSPS) is 13.0. The Kier molecular flexibility index (Phi) is 3.00. The van der Waals surface area contributed by atoms with Gasteiger partial charge in [0, 0.05) is 15.8 Å². The van der Waals surface area contributed by atoms with E-state index >= 15 is 0 Å². The van der Waals surface area contributed by atoms with Crippen LogP contribution in [0.2, 0.25) is 5.02 Å². The fourth-order valence-corrected chi connectivity index (χ4v) is 3.47. The van der Waals surface area contributed by atoms with Crippen molar-refractivity contribution in [2.75, 3.05) is 0 Å². The van der Waals surface area contributed by atoms with E-state index in [0.717, 1.165) is 33.1 Å². The van der Waals surface area contributed by atoms with Crippen LogP contribution in [0.4, 0.5) is 0 Å². The van der Waals surface area contributed by atoms with E-state index in [0.29, 0.717) is 5.02 Å². The molecule has 0 bridgehead atoms. The largest absolute Gasteiger partial charge is 0.456 e. The molecule has 0 fully saturated rings. The van der Waals surface area contributed by atoms with E-state index < -0.39 is 0 Å². The minimum absolute atomic E-state index is 0.121. The second kappa shape index (κ2) is 4.88.